The van der Waals surface area contributed by atoms with E-state index < -0.39 is 0 Å². The maximum absolute atomic E-state index is 13.2. The molecule has 0 saturated carbocycles. The lowest BCUT2D eigenvalue weighted by Crippen LogP contribution is -2.19. The van der Waals surface area contributed by atoms with Crippen molar-refractivity contribution in [3.63, 3.8) is 0 Å². The Hall–Kier alpha value is -3.25. The summed E-state index contributed by atoms with van der Waals surface area (Å²) in [6, 6.07) is 22.5. The van der Waals surface area contributed by atoms with Crippen LogP contribution in [0.25, 0.3) is 10.8 Å². The van der Waals surface area contributed by atoms with E-state index in [-0.39, 0.29) is 5.82 Å². The number of rotatable bonds is 4. The zero-order valence-corrected chi connectivity index (χ0v) is 15.2. The summed E-state index contributed by atoms with van der Waals surface area (Å²) < 4.78 is 15.1. The van der Waals surface area contributed by atoms with Gasteiger partial charge in [-0.25, -0.2) is 4.39 Å². The highest BCUT2D eigenvalue weighted by molar-refractivity contribution is 7.80. The first kappa shape index (κ1) is 17.2. The summed E-state index contributed by atoms with van der Waals surface area (Å²) in [7, 11) is 0. The second-order valence-corrected chi connectivity index (χ2v) is 6.53. The van der Waals surface area contributed by atoms with Crippen molar-refractivity contribution >= 4 is 39.6 Å². The van der Waals surface area contributed by atoms with Gasteiger partial charge >= 0.3 is 0 Å². The van der Waals surface area contributed by atoms with Gasteiger partial charge in [-0.2, -0.15) is 5.10 Å². The van der Waals surface area contributed by atoms with E-state index in [0.717, 1.165) is 0 Å². The van der Waals surface area contributed by atoms with E-state index in [4.69, 9.17) is 12.2 Å². The molecule has 0 aliphatic heterocycles. The van der Waals surface area contributed by atoms with Crippen LogP contribution in [0.2, 0.25) is 0 Å². The fourth-order valence-corrected chi connectivity index (χ4v) is 3.19. The summed E-state index contributed by atoms with van der Waals surface area (Å²) in [5, 5.41) is 13.3. The normalized spacial score (nSPS) is 10.7. The summed E-state index contributed by atoms with van der Waals surface area (Å²) in [5.74, 6) is 0.311. The highest BCUT2D eigenvalue weighted by atomic mass is 32.1. The molecule has 4 rings (SSSR count). The Bertz CT molecular complexity index is 1100. The Kier molecular flexibility index (Phi) is 4.80. The smallest absolute Gasteiger partial charge is 0.176 e. The van der Waals surface area contributed by atoms with Crippen molar-refractivity contribution in [2.45, 2.75) is 6.54 Å². The van der Waals surface area contributed by atoms with Crippen LogP contribution in [0.1, 0.15) is 5.56 Å². The molecule has 1 heterocycles. The van der Waals surface area contributed by atoms with Crippen molar-refractivity contribution in [3.05, 3.63) is 90.4 Å². The van der Waals surface area contributed by atoms with Crippen molar-refractivity contribution in [2.75, 3.05) is 10.6 Å². The zero-order valence-electron chi connectivity index (χ0n) is 14.4. The van der Waals surface area contributed by atoms with Crippen molar-refractivity contribution in [1.82, 2.24) is 9.78 Å². The molecule has 2 N–H and O–H groups in total. The quantitative estimate of drug-likeness (QED) is 0.490. The minimum absolute atomic E-state index is 0.317. The molecule has 4 aromatic rings. The van der Waals surface area contributed by atoms with Crippen LogP contribution in [0.3, 0.4) is 0 Å². The maximum atomic E-state index is 13.2. The molecular formula is C21H17FN4S. The lowest BCUT2D eigenvalue weighted by molar-refractivity contribution is 0.628. The topological polar surface area (TPSA) is 41.9 Å². The van der Waals surface area contributed by atoms with Crippen LogP contribution < -0.4 is 10.6 Å². The fourth-order valence-electron chi connectivity index (χ4n) is 2.97. The molecule has 3 aromatic carbocycles. The fraction of sp³-hybridized carbons (Fsp3) is 0.0476. The van der Waals surface area contributed by atoms with Crippen LogP contribution in [0.5, 0.6) is 0 Å². The third-order valence-corrected chi connectivity index (χ3v) is 4.38. The van der Waals surface area contributed by atoms with Crippen molar-refractivity contribution < 1.29 is 4.39 Å². The number of hydrogen-bond acceptors (Lipinski definition) is 2. The standard InChI is InChI=1S/C21H17FN4S/c22-17-8-4-9-18(13-17)23-21(27)24-20-11-12-26(25-20)14-16-7-3-6-15-5-1-2-10-19(15)16/h1-13H,14H2,(H2,23,24,25,27). The molecule has 0 spiro atoms. The van der Waals surface area contributed by atoms with Gasteiger partial charge in [0.15, 0.2) is 10.9 Å². The van der Waals surface area contributed by atoms with Crippen LogP contribution in [-0.2, 0) is 6.54 Å². The van der Waals surface area contributed by atoms with E-state index in [2.05, 4.69) is 46.1 Å². The molecule has 6 heteroatoms. The molecule has 0 amide bonds. The Morgan fingerprint density at radius 1 is 0.963 bits per heavy atom. The number of thiocarbonyl (C=S) groups is 1. The molecule has 134 valence electrons. The molecule has 0 saturated heterocycles. The van der Waals surface area contributed by atoms with Crippen LogP contribution in [0.15, 0.2) is 79.0 Å². The van der Waals surface area contributed by atoms with E-state index in [1.165, 1.54) is 28.5 Å². The summed E-state index contributed by atoms with van der Waals surface area (Å²) in [5.41, 5.74) is 1.78. The minimum Gasteiger partial charge on any atom is -0.332 e. The molecule has 1 aromatic heterocycles. The molecule has 0 radical (unpaired) electrons. The third kappa shape index (κ3) is 4.12. The first-order chi connectivity index (χ1) is 13.2. The van der Waals surface area contributed by atoms with Gasteiger partial charge in [0.05, 0.1) is 6.54 Å². The molecule has 0 bridgehead atoms. The lowest BCUT2D eigenvalue weighted by Gasteiger charge is -2.09. The van der Waals surface area contributed by atoms with Crippen molar-refractivity contribution in [2.24, 2.45) is 0 Å². The van der Waals surface area contributed by atoms with Crippen LogP contribution >= 0.6 is 12.2 Å². The van der Waals surface area contributed by atoms with Crippen molar-refractivity contribution in [1.29, 1.82) is 0 Å². The molecule has 0 atom stereocenters. The van der Waals surface area contributed by atoms with E-state index in [1.54, 1.807) is 12.1 Å². The largest absolute Gasteiger partial charge is 0.332 e. The monoisotopic (exact) mass is 376 g/mol. The second-order valence-electron chi connectivity index (χ2n) is 6.13. The zero-order chi connectivity index (χ0) is 18.6. The predicted octanol–water partition coefficient (Wildman–Crippen LogP) is 5.03. The highest BCUT2D eigenvalue weighted by Gasteiger charge is 2.05. The number of anilines is 2. The van der Waals surface area contributed by atoms with Crippen LogP contribution in [0.4, 0.5) is 15.9 Å². The summed E-state index contributed by atoms with van der Waals surface area (Å²) in [6.45, 7) is 0.660. The SMILES string of the molecule is Fc1cccc(NC(=S)Nc2ccn(Cc3cccc4ccccc34)n2)c1. The van der Waals surface area contributed by atoms with Gasteiger partial charge in [-0.15, -0.1) is 0 Å². The number of nitrogens with zero attached hydrogens (tertiary/aromatic N) is 2. The lowest BCUT2D eigenvalue weighted by atomic mass is 10.0. The van der Waals surface area contributed by atoms with Gasteiger partial charge in [0.25, 0.3) is 0 Å². The van der Waals surface area contributed by atoms with Gasteiger partial charge in [0.2, 0.25) is 0 Å². The van der Waals surface area contributed by atoms with Gasteiger partial charge in [-0.1, -0.05) is 48.5 Å². The number of hydrogen-bond donors (Lipinski definition) is 2. The van der Waals surface area contributed by atoms with Gasteiger partial charge in [0, 0.05) is 18.0 Å². The average molecular weight is 376 g/mol. The summed E-state index contributed by atoms with van der Waals surface area (Å²) in [6.07, 6.45) is 1.90. The average Bonchev–Trinajstić information content (AvgIpc) is 3.09. The molecule has 4 nitrogen and oxygen atoms in total. The Balaban J connectivity index is 1.44. The molecule has 0 aliphatic carbocycles. The maximum Gasteiger partial charge on any atom is 0.176 e. The highest BCUT2D eigenvalue weighted by Crippen LogP contribution is 2.19. The number of halogens is 1. The minimum atomic E-state index is -0.317. The first-order valence-corrected chi connectivity index (χ1v) is 8.92. The summed E-state index contributed by atoms with van der Waals surface area (Å²) in [4.78, 5) is 0. The van der Waals surface area contributed by atoms with E-state index in [9.17, 15) is 4.39 Å². The molecular weight excluding hydrogens is 359 g/mol. The number of benzene rings is 3. The van der Waals surface area contributed by atoms with E-state index >= 15 is 0 Å². The van der Waals surface area contributed by atoms with E-state index in [1.807, 2.05) is 29.1 Å². The molecule has 0 fully saturated rings. The molecule has 0 unspecified atom stereocenters. The van der Waals surface area contributed by atoms with Crippen LogP contribution in [-0.4, -0.2) is 14.9 Å². The van der Waals surface area contributed by atoms with Gasteiger partial charge in [-0.05, 0) is 46.8 Å². The summed E-state index contributed by atoms with van der Waals surface area (Å²) >= 11 is 5.27. The number of nitrogens with one attached hydrogen (secondary N) is 2. The number of aromatic nitrogens is 2. The van der Waals surface area contributed by atoms with Gasteiger partial charge in [-0.3, -0.25) is 4.68 Å². The van der Waals surface area contributed by atoms with Crippen LogP contribution in [0, 0.1) is 5.82 Å². The van der Waals surface area contributed by atoms with E-state index in [0.29, 0.717) is 23.2 Å². The van der Waals surface area contributed by atoms with Gasteiger partial charge < -0.3 is 10.6 Å². The molecule has 27 heavy (non-hydrogen) atoms. The Labute approximate surface area is 161 Å². The third-order valence-electron chi connectivity index (χ3n) is 4.18. The number of fused-ring (bicyclic) bond motifs is 1. The first-order valence-electron chi connectivity index (χ1n) is 8.51. The Morgan fingerprint density at radius 2 is 1.78 bits per heavy atom. The Morgan fingerprint density at radius 3 is 2.67 bits per heavy atom. The second kappa shape index (κ2) is 7.55. The predicted molar refractivity (Wildman–Crippen MR) is 112 cm³/mol. The van der Waals surface area contributed by atoms with Crippen molar-refractivity contribution in [3.8, 4) is 0 Å². The van der Waals surface area contributed by atoms with Gasteiger partial charge in [0.1, 0.15) is 5.82 Å². The molecule has 0 aliphatic rings.